The molecule has 1 amide bonds. The first-order valence-electron chi connectivity index (χ1n) is 6.80. The van der Waals surface area contributed by atoms with Crippen molar-refractivity contribution < 1.29 is 9.21 Å². The normalized spacial score (nSPS) is 10.5. The van der Waals surface area contributed by atoms with Gasteiger partial charge in [0, 0.05) is 30.5 Å². The Bertz CT molecular complexity index is 764. The van der Waals surface area contributed by atoms with Crippen molar-refractivity contribution in [1.82, 2.24) is 20.3 Å². The fourth-order valence-corrected chi connectivity index (χ4v) is 2.02. The van der Waals surface area contributed by atoms with E-state index in [0.29, 0.717) is 30.1 Å². The Hall–Kier alpha value is -3.09. The molecule has 0 radical (unpaired) electrons. The van der Waals surface area contributed by atoms with Gasteiger partial charge in [-0.25, -0.2) is 9.97 Å². The van der Waals surface area contributed by atoms with Crippen LogP contribution in [0.15, 0.2) is 47.5 Å². The van der Waals surface area contributed by atoms with Crippen LogP contribution in [0.25, 0.3) is 11.5 Å². The maximum atomic E-state index is 12.0. The molecule has 3 rings (SSSR count). The molecule has 0 aliphatic heterocycles. The van der Waals surface area contributed by atoms with E-state index in [2.05, 4.69) is 20.3 Å². The van der Waals surface area contributed by atoms with Crippen LogP contribution >= 0.6 is 0 Å². The van der Waals surface area contributed by atoms with Crippen LogP contribution in [0.1, 0.15) is 16.2 Å². The number of rotatable bonds is 5. The average molecular weight is 297 g/mol. The number of amides is 1. The van der Waals surface area contributed by atoms with E-state index in [1.54, 1.807) is 24.7 Å². The van der Waals surface area contributed by atoms with Gasteiger partial charge in [-0.3, -0.25) is 4.79 Å². The number of aromatic amines is 1. The number of aromatic nitrogens is 3. The number of nitrogens with two attached hydrogens (primary N) is 1. The molecule has 3 aromatic rings. The second kappa shape index (κ2) is 6.13. The SMILES string of the molecule is Nc1ccccc1-c1nc(C(=O)NCCc2cnc[nH]2)co1. The first kappa shape index (κ1) is 13.9. The van der Waals surface area contributed by atoms with Crippen molar-refractivity contribution in [2.75, 3.05) is 12.3 Å². The highest BCUT2D eigenvalue weighted by atomic mass is 16.3. The summed E-state index contributed by atoms with van der Waals surface area (Å²) in [4.78, 5) is 23.1. The van der Waals surface area contributed by atoms with Crippen molar-refractivity contribution in [3.63, 3.8) is 0 Å². The maximum absolute atomic E-state index is 12.0. The van der Waals surface area contributed by atoms with Gasteiger partial charge in [-0.05, 0) is 12.1 Å². The van der Waals surface area contributed by atoms with Crippen molar-refractivity contribution in [1.29, 1.82) is 0 Å². The Kier molecular flexibility index (Phi) is 3.86. The van der Waals surface area contributed by atoms with Gasteiger partial charge >= 0.3 is 0 Å². The molecule has 1 aromatic carbocycles. The molecule has 0 atom stereocenters. The molecule has 2 heterocycles. The lowest BCUT2D eigenvalue weighted by Crippen LogP contribution is -2.26. The minimum atomic E-state index is -0.288. The van der Waals surface area contributed by atoms with Crippen LogP contribution in [0.4, 0.5) is 5.69 Å². The molecule has 0 bridgehead atoms. The van der Waals surface area contributed by atoms with Crippen LogP contribution in [0.2, 0.25) is 0 Å². The number of carbonyl (C=O) groups is 1. The van der Waals surface area contributed by atoms with Gasteiger partial charge < -0.3 is 20.5 Å². The van der Waals surface area contributed by atoms with Gasteiger partial charge in [0.15, 0.2) is 5.69 Å². The quantitative estimate of drug-likeness (QED) is 0.620. The number of hydrogen-bond donors (Lipinski definition) is 3. The number of anilines is 1. The van der Waals surface area contributed by atoms with E-state index in [1.807, 2.05) is 12.1 Å². The topological polar surface area (TPSA) is 110 Å². The summed E-state index contributed by atoms with van der Waals surface area (Å²) >= 11 is 0. The standard InChI is InChI=1S/C15H15N5O2/c16-12-4-2-1-3-11(12)15-20-13(8-22-15)14(21)18-6-5-10-7-17-9-19-10/h1-4,7-9H,5-6,16H2,(H,17,19)(H,18,21). The summed E-state index contributed by atoms with van der Waals surface area (Å²) in [6.07, 6.45) is 5.32. The molecule has 0 aliphatic carbocycles. The smallest absolute Gasteiger partial charge is 0.273 e. The molecule has 7 nitrogen and oxygen atoms in total. The molecule has 0 unspecified atom stereocenters. The highest BCUT2D eigenvalue weighted by Gasteiger charge is 2.14. The summed E-state index contributed by atoms with van der Waals surface area (Å²) in [5, 5.41) is 2.78. The van der Waals surface area contributed by atoms with E-state index >= 15 is 0 Å². The summed E-state index contributed by atoms with van der Waals surface area (Å²) in [5.74, 6) is 0.0424. The third-order valence-electron chi connectivity index (χ3n) is 3.16. The number of carbonyl (C=O) groups excluding carboxylic acids is 1. The van der Waals surface area contributed by atoms with Gasteiger partial charge in [0.05, 0.1) is 11.9 Å². The van der Waals surface area contributed by atoms with Crippen LogP contribution in [-0.4, -0.2) is 27.4 Å². The molecule has 0 saturated heterocycles. The Labute approximate surface area is 126 Å². The number of nitrogens with one attached hydrogen (secondary N) is 2. The largest absolute Gasteiger partial charge is 0.444 e. The predicted molar refractivity (Wildman–Crippen MR) is 81.0 cm³/mol. The molecular formula is C15H15N5O2. The number of nitrogens with zero attached hydrogens (tertiary/aromatic N) is 2. The highest BCUT2D eigenvalue weighted by Crippen LogP contribution is 2.24. The minimum Gasteiger partial charge on any atom is -0.444 e. The zero-order valence-electron chi connectivity index (χ0n) is 11.7. The summed E-state index contributed by atoms with van der Waals surface area (Å²) in [6.45, 7) is 0.483. The fourth-order valence-electron chi connectivity index (χ4n) is 2.02. The first-order valence-corrected chi connectivity index (χ1v) is 6.80. The van der Waals surface area contributed by atoms with Crippen molar-refractivity contribution in [3.05, 3.63) is 54.4 Å². The monoisotopic (exact) mass is 297 g/mol. The van der Waals surface area contributed by atoms with E-state index in [4.69, 9.17) is 10.2 Å². The van der Waals surface area contributed by atoms with E-state index in [-0.39, 0.29) is 11.6 Å². The van der Waals surface area contributed by atoms with Crippen molar-refractivity contribution in [2.24, 2.45) is 0 Å². The predicted octanol–water partition coefficient (Wildman–Crippen LogP) is 1.62. The summed E-state index contributed by atoms with van der Waals surface area (Å²) in [6, 6.07) is 7.20. The molecule has 22 heavy (non-hydrogen) atoms. The molecule has 7 heteroatoms. The lowest BCUT2D eigenvalue weighted by Gasteiger charge is -2.01. The average Bonchev–Trinajstić information content (AvgIpc) is 3.19. The van der Waals surface area contributed by atoms with Crippen molar-refractivity contribution in [2.45, 2.75) is 6.42 Å². The third kappa shape index (κ3) is 2.98. The van der Waals surface area contributed by atoms with Crippen LogP contribution in [0, 0.1) is 0 Å². The molecule has 4 N–H and O–H groups in total. The Morgan fingerprint density at radius 1 is 1.36 bits per heavy atom. The third-order valence-corrected chi connectivity index (χ3v) is 3.16. The Balaban J connectivity index is 1.63. The summed E-state index contributed by atoms with van der Waals surface area (Å²) in [5.41, 5.74) is 8.26. The number of oxazole rings is 1. The van der Waals surface area contributed by atoms with E-state index in [0.717, 1.165) is 5.69 Å². The van der Waals surface area contributed by atoms with Crippen LogP contribution < -0.4 is 11.1 Å². The summed E-state index contributed by atoms with van der Waals surface area (Å²) in [7, 11) is 0. The van der Waals surface area contributed by atoms with Crippen LogP contribution in [0.5, 0.6) is 0 Å². The van der Waals surface area contributed by atoms with Gasteiger partial charge in [0.2, 0.25) is 5.89 Å². The van der Waals surface area contributed by atoms with Crippen molar-refractivity contribution >= 4 is 11.6 Å². The molecule has 0 saturated carbocycles. The molecule has 0 aliphatic rings. The maximum Gasteiger partial charge on any atom is 0.273 e. The van der Waals surface area contributed by atoms with Gasteiger partial charge in [-0.2, -0.15) is 0 Å². The lowest BCUT2D eigenvalue weighted by atomic mass is 10.2. The number of hydrogen-bond acceptors (Lipinski definition) is 5. The van der Waals surface area contributed by atoms with E-state index in [9.17, 15) is 4.79 Å². The Morgan fingerprint density at radius 3 is 3.00 bits per heavy atom. The second-order valence-electron chi connectivity index (χ2n) is 4.71. The Morgan fingerprint density at radius 2 is 2.23 bits per heavy atom. The molecule has 112 valence electrons. The zero-order chi connectivity index (χ0) is 15.4. The number of imidazole rings is 1. The number of benzene rings is 1. The van der Waals surface area contributed by atoms with Crippen molar-refractivity contribution in [3.8, 4) is 11.5 Å². The van der Waals surface area contributed by atoms with Gasteiger partial charge in [0.25, 0.3) is 5.91 Å². The highest BCUT2D eigenvalue weighted by molar-refractivity contribution is 5.92. The number of para-hydroxylation sites is 1. The van der Waals surface area contributed by atoms with E-state index < -0.39 is 0 Å². The molecule has 0 spiro atoms. The van der Waals surface area contributed by atoms with E-state index in [1.165, 1.54) is 6.26 Å². The first-order chi connectivity index (χ1) is 10.7. The van der Waals surface area contributed by atoms with Gasteiger partial charge in [-0.15, -0.1) is 0 Å². The lowest BCUT2D eigenvalue weighted by molar-refractivity contribution is 0.0949. The zero-order valence-corrected chi connectivity index (χ0v) is 11.7. The summed E-state index contributed by atoms with van der Waals surface area (Å²) < 4.78 is 5.34. The number of nitrogen functional groups attached to an aromatic ring is 1. The molecule has 2 aromatic heterocycles. The van der Waals surface area contributed by atoms with Gasteiger partial charge in [0.1, 0.15) is 6.26 Å². The number of H-pyrrole nitrogens is 1. The molecular weight excluding hydrogens is 282 g/mol. The van der Waals surface area contributed by atoms with Gasteiger partial charge in [-0.1, -0.05) is 12.1 Å². The minimum absolute atomic E-state index is 0.225. The van der Waals surface area contributed by atoms with Crippen LogP contribution in [-0.2, 0) is 6.42 Å². The molecule has 0 fully saturated rings. The van der Waals surface area contributed by atoms with Crippen LogP contribution in [0.3, 0.4) is 0 Å². The fraction of sp³-hybridized carbons (Fsp3) is 0.133. The second-order valence-corrected chi connectivity index (χ2v) is 4.71.